The molecule has 0 amide bonds. The van der Waals surface area contributed by atoms with Gasteiger partial charge in [0.1, 0.15) is 0 Å². The summed E-state index contributed by atoms with van der Waals surface area (Å²) < 4.78 is 0. The van der Waals surface area contributed by atoms with Gasteiger partial charge in [0.15, 0.2) is 5.69 Å². The lowest BCUT2D eigenvalue weighted by atomic mass is 10.00. The maximum atomic E-state index is 7.12. The molecule has 0 aliphatic heterocycles. The first kappa shape index (κ1) is 49.0. The smallest absolute Gasteiger partial charge is 0.187 e. The van der Waals surface area contributed by atoms with Crippen molar-refractivity contribution in [3.05, 3.63) is 125 Å². The first-order valence-corrected chi connectivity index (χ1v) is 25.4. The lowest BCUT2D eigenvalue weighted by Crippen LogP contribution is -1.87. The molecule has 0 radical (unpaired) electrons. The highest BCUT2D eigenvalue weighted by atomic mass is 14.6. The van der Waals surface area contributed by atoms with Crippen molar-refractivity contribution in [2.45, 2.75) is 219 Å². The van der Waals surface area contributed by atoms with Crippen molar-refractivity contribution in [2.75, 3.05) is 0 Å². The van der Waals surface area contributed by atoms with E-state index in [-0.39, 0.29) is 0 Å². The largest absolute Gasteiger partial charge is 0.238 e. The quantitative estimate of drug-likeness (QED) is 0.0318. The number of rotatable bonds is 36. The minimum absolute atomic E-state index is 0.704. The molecule has 60 heavy (non-hydrogen) atoms. The van der Waals surface area contributed by atoms with Crippen molar-refractivity contribution < 1.29 is 0 Å². The van der Waals surface area contributed by atoms with E-state index in [2.05, 4.69) is 84.6 Å². The Morgan fingerprint density at radius 2 is 0.467 bits per heavy atom. The SMILES string of the molecule is [C-]#[N+]c1ccc(-c2ccc(CCCCCCCCCCCCCCCCCCCCCCCCCCCCCCCCCc3ccc(-c4ccc(C)cc4)cc3)cc2)cc1. The average molecular weight is 808 g/mol. The summed E-state index contributed by atoms with van der Waals surface area (Å²) >= 11 is 0. The lowest BCUT2D eigenvalue weighted by Gasteiger charge is -2.06. The molecule has 4 aromatic rings. The van der Waals surface area contributed by atoms with Gasteiger partial charge >= 0.3 is 0 Å². The van der Waals surface area contributed by atoms with E-state index in [1.165, 1.54) is 251 Å². The summed E-state index contributed by atoms with van der Waals surface area (Å²) in [5.41, 5.74) is 10.0. The Labute approximate surface area is 370 Å². The number of hydrogen-bond donors (Lipinski definition) is 0. The molecule has 326 valence electrons. The zero-order chi connectivity index (χ0) is 42.0. The summed E-state index contributed by atoms with van der Waals surface area (Å²) in [6.45, 7) is 9.27. The topological polar surface area (TPSA) is 4.36 Å². The van der Waals surface area contributed by atoms with Gasteiger partial charge in [0.2, 0.25) is 0 Å². The van der Waals surface area contributed by atoms with Crippen LogP contribution in [0.4, 0.5) is 5.69 Å². The average Bonchev–Trinajstić information content (AvgIpc) is 3.28. The number of hydrogen-bond acceptors (Lipinski definition) is 0. The normalized spacial score (nSPS) is 11.3. The van der Waals surface area contributed by atoms with E-state index in [0.717, 1.165) is 0 Å². The molecule has 0 saturated heterocycles. The summed E-state index contributed by atoms with van der Waals surface area (Å²) in [5, 5.41) is 0. The van der Waals surface area contributed by atoms with Crippen LogP contribution in [0.2, 0.25) is 0 Å². The van der Waals surface area contributed by atoms with Crippen LogP contribution in [0, 0.1) is 13.5 Å². The van der Waals surface area contributed by atoms with Gasteiger partial charge in [-0.2, -0.15) is 0 Å². The van der Waals surface area contributed by atoms with Gasteiger partial charge in [-0.1, -0.05) is 289 Å². The van der Waals surface area contributed by atoms with E-state index in [9.17, 15) is 0 Å². The van der Waals surface area contributed by atoms with Crippen LogP contribution in [-0.4, -0.2) is 0 Å². The summed E-state index contributed by atoms with van der Waals surface area (Å²) in [6, 6.07) is 35.0. The van der Waals surface area contributed by atoms with E-state index in [1.807, 2.05) is 24.3 Å². The monoisotopic (exact) mass is 808 g/mol. The molecule has 0 saturated carbocycles. The van der Waals surface area contributed by atoms with E-state index in [0.29, 0.717) is 5.69 Å². The molecule has 1 nitrogen and oxygen atoms in total. The van der Waals surface area contributed by atoms with Crippen molar-refractivity contribution in [2.24, 2.45) is 0 Å². The Bertz CT molecular complexity index is 1620. The predicted molar refractivity (Wildman–Crippen MR) is 265 cm³/mol. The predicted octanol–water partition coefficient (Wildman–Crippen LogP) is 19.8. The van der Waals surface area contributed by atoms with Crippen LogP contribution in [0.15, 0.2) is 97.1 Å². The Kier molecular flexibility index (Phi) is 27.0. The highest BCUT2D eigenvalue weighted by molar-refractivity contribution is 5.66. The Morgan fingerprint density at radius 1 is 0.267 bits per heavy atom. The molecule has 4 rings (SSSR count). The molecule has 4 aromatic carbocycles. The van der Waals surface area contributed by atoms with E-state index in [4.69, 9.17) is 6.57 Å². The van der Waals surface area contributed by atoms with E-state index >= 15 is 0 Å². The van der Waals surface area contributed by atoms with Crippen molar-refractivity contribution in [1.82, 2.24) is 0 Å². The fraction of sp³-hybridized carbons (Fsp3) is 0.576. The molecule has 0 fully saturated rings. The highest BCUT2D eigenvalue weighted by Gasteiger charge is 2.02. The van der Waals surface area contributed by atoms with Gasteiger partial charge in [0, 0.05) is 0 Å². The molecule has 0 aliphatic rings. The number of benzene rings is 4. The third-order valence-electron chi connectivity index (χ3n) is 13.1. The first-order valence-electron chi connectivity index (χ1n) is 25.4. The van der Waals surface area contributed by atoms with Gasteiger partial charge in [0.25, 0.3) is 0 Å². The standard InChI is InChI=1S/C59H85N/c1-52-36-42-55(43-37-52)56-44-38-53(39-45-56)34-32-30-28-26-24-22-20-18-16-14-12-10-8-6-4-3-5-7-9-11-13-15-17-19-21-23-25-27-29-31-33-35-54-40-46-57(47-41-54)58-48-50-59(60-2)51-49-58/h36-51H,3-35H2,1H3. The Hall–Kier alpha value is -3.63. The van der Waals surface area contributed by atoms with Gasteiger partial charge in [0.05, 0.1) is 6.57 Å². The molecule has 0 unspecified atom stereocenters. The molecule has 0 atom stereocenters. The van der Waals surface area contributed by atoms with Gasteiger partial charge in [-0.05, 0) is 66.0 Å². The van der Waals surface area contributed by atoms with Crippen LogP contribution in [0.5, 0.6) is 0 Å². The second-order valence-corrected chi connectivity index (χ2v) is 18.4. The maximum absolute atomic E-state index is 7.12. The number of nitrogens with zero attached hydrogens (tertiary/aromatic N) is 1. The first-order chi connectivity index (χ1) is 29.7. The molecule has 0 N–H and O–H groups in total. The molecular weight excluding hydrogens is 723 g/mol. The zero-order valence-electron chi connectivity index (χ0n) is 38.5. The molecule has 1 heteroatoms. The van der Waals surface area contributed by atoms with Gasteiger partial charge in [-0.15, -0.1) is 0 Å². The second kappa shape index (κ2) is 33.1. The third kappa shape index (κ3) is 22.8. The van der Waals surface area contributed by atoms with Crippen LogP contribution < -0.4 is 0 Å². The minimum Gasteiger partial charge on any atom is -0.238 e. The number of aryl methyl sites for hydroxylation is 3. The summed E-state index contributed by atoms with van der Waals surface area (Å²) in [7, 11) is 0. The minimum atomic E-state index is 0.704. The summed E-state index contributed by atoms with van der Waals surface area (Å²) in [4.78, 5) is 3.49. The van der Waals surface area contributed by atoms with E-state index in [1.54, 1.807) is 0 Å². The van der Waals surface area contributed by atoms with Crippen molar-refractivity contribution in [1.29, 1.82) is 0 Å². The van der Waals surface area contributed by atoms with Crippen LogP contribution in [0.1, 0.15) is 216 Å². The molecule has 0 spiro atoms. The summed E-state index contributed by atoms with van der Waals surface area (Å²) in [5.74, 6) is 0. The molecule has 0 aliphatic carbocycles. The van der Waals surface area contributed by atoms with Crippen LogP contribution in [-0.2, 0) is 12.8 Å². The third-order valence-corrected chi connectivity index (χ3v) is 13.1. The van der Waals surface area contributed by atoms with Crippen LogP contribution >= 0.6 is 0 Å². The fourth-order valence-electron chi connectivity index (χ4n) is 8.99. The second-order valence-electron chi connectivity index (χ2n) is 18.4. The van der Waals surface area contributed by atoms with Crippen LogP contribution in [0.3, 0.4) is 0 Å². The van der Waals surface area contributed by atoms with Crippen LogP contribution in [0.25, 0.3) is 27.1 Å². The maximum Gasteiger partial charge on any atom is 0.187 e. The zero-order valence-corrected chi connectivity index (χ0v) is 38.5. The summed E-state index contributed by atoms with van der Waals surface area (Å²) in [6.07, 6.45) is 47.0. The molecule has 0 heterocycles. The van der Waals surface area contributed by atoms with Gasteiger partial charge < -0.3 is 0 Å². The highest BCUT2D eigenvalue weighted by Crippen LogP contribution is 2.25. The lowest BCUT2D eigenvalue weighted by molar-refractivity contribution is 0.512. The molecule has 0 aromatic heterocycles. The van der Waals surface area contributed by atoms with Gasteiger partial charge in [-0.3, -0.25) is 0 Å². The molecular formula is C59H85N. The molecule has 0 bridgehead atoms. The van der Waals surface area contributed by atoms with Crippen molar-refractivity contribution >= 4 is 5.69 Å². The Morgan fingerprint density at radius 3 is 0.700 bits per heavy atom. The van der Waals surface area contributed by atoms with E-state index < -0.39 is 0 Å². The van der Waals surface area contributed by atoms with Crippen molar-refractivity contribution in [3.63, 3.8) is 0 Å². The fourth-order valence-corrected chi connectivity index (χ4v) is 8.99. The van der Waals surface area contributed by atoms with Gasteiger partial charge in [-0.25, -0.2) is 4.85 Å². The number of unbranched alkanes of at least 4 members (excludes halogenated alkanes) is 30. The Balaban J connectivity index is 0.778. The van der Waals surface area contributed by atoms with Crippen molar-refractivity contribution in [3.8, 4) is 22.3 Å².